The number of guanidine groups is 1. The predicted octanol–water partition coefficient (Wildman–Crippen LogP) is 2.27. The first-order chi connectivity index (χ1) is 7.92. The van der Waals surface area contributed by atoms with Crippen molar-refractivity contribution in [2.45, 2.75) is 37.9 Å². The van der Waals surface area contributed by atoms with Crippen LogP contribution in [0.1, 0.15) is 24.8 Å². The molecule has 1 aliphatic carbocycles. The summed E-state index contributed by atoms with van der Waals surface area (Å²) in [7, 11) is 0. The number of aliphatic imine (C=N–C) groups is 1. The van der Waals surface area contributed by atoms with Gasteiger partial charge in [-0.15, -0.1) is 24.0 Å². The van der Waals surface area contributed by atoms with Crippen LogP contribution in [0.15, 0.2) is 35.3 Å². The van der Waals surface area contributed by atoms with Crippen LogP contribution in [-0.2, 0) is 6.54 Å². The minimum absolute atomic E-state index is 0. The van der Waals surface area contributed by atoms with Crippen LogP contribution < -0.4 is 10.6 Å². The molecule has 0 spiro atoms. The van der Waals surface area contributed by atoms with Crippen molar-refractivity contribution >= 4 is 29.9 Å². The molecule has 1 aromatic rings. The van der Waals surface area contributed by atoms with Gasteiger partial charge in [-0.05, 0) is 24.8 Å². The Kier molecular flexibility index (Phi) is 4.25. The molecule has 1 heterocycles. The van der Waals surface area contributed by atoms with Crippen LogP contribution in [0.3, 0.4) is 0 Å². The summed E-state index contributed by atoms with van der Waals surface area (Å²) < 4.78 is 0. The van der Waals surface area contributed by atoms with Crippen molar-refractivity contribution in [1.29, 1.82) is 0 Å². The zero-order valence-corrected chi connectivity index (χ0v) is 12.1. The molecular weight excluding hydrogens is 325 g/mol. The first kappa shape index (κ1) is 12.7. The molecule has 0 radical (unpaired) electrons. The van der Waals surface area contributed by atoms with E-state index in [1.54, 1.807) is 0 Å². The molecular formula is C13H18IN3. The summed E-state index contributed by atoms with van der Waals surface area (Å²) in [5.41, 5.74) is 1.26. The maximum atomic E-state index is 4.57. The van der Waals surface area contributed by atoms with Crippen molar-refractivity contribution in [3.05, 3.63) is 35.9 Å². The van der Waals surface area contributed by atoms with Gasteiger partial charge >= 0.3 is 0 Å². The SMILES string of the molecule is I.c1ccc(CN=C2NC3CCCC3N2)cc1. The fraction of sp³-hybridized carbons (Fsp3) is 0.462. The molecule has 1 aromatic carbocycles. The molecule has 3 rings (SSSR count). The van der Waals surface area contributed by atoms with Crippen molar-refractivity contribution in [3.8, 4) is 0 Å². The quantitative estimate of drug-likeness (QED) is 0.809. The number of benzene rings is 1. The predicted molar refractivity (Wildman–Crippen MR) is 80.7 cm³/mol. The largest absolute Gasteiger partial charge is 0.352 e. The van der Waals surface area contributed by atoms with Crippen molar-refractivity contribution in [2.24, 2.45) is 4.99 Å². The molecule has 2 N–H and O–H groups in total. The molecule has 2 fully saturated rings. The van der Waals surface area contributed by atoms with Gasteiger partial charge in [-0.3, -0.25) is 0 Å². The monoisotopic (exact) mass is 343 g/mol. The van der Waals surface area contributed by atoms with Gasteiger partial charge in [0.15, 0.2) is 5.96 Å². The fourth-order valence-electron chi connectivity index (χ4n) is 2.54. The second-order valence-electron chi connectivity index (χ2n) is 4.58. The van der Waals surface area contributed by atoms with E-state index in [1.807, 2.05) is 6.07 Å². The molecule has 1 saturated carbocycles. The average Bonchev–Trinajstić information content (AvgIpc) is 2.88. The normalized spacial score (nSPS) is 25.5. The summed E-state index contributed by atoms with van der Waals surface area (Å²) >= 11 is 0. The third-order valence-electron chi connectivity index (χ3n) is 3.42. The maximum Gasteiger partial charge on any atom is 0.192 e. The van der Waals surface area contributed by atoms with Crippen LogP contribution in [-0.4, -0.2) is 18.0 Å². The molecule has 0 bridgehead atoms. The molecule has 1 aliphatic heterocycles. The van der Waals surface area contributed by atoms with E-state index in [1.165, 1.54) is 24.8 Å². The highest BCUT2D eigenvalue weighted by Gasteiger charge is 2.33. The highest BCUT2D eigenvalue weighted by atomic mass is 127. The molecule has 3 nitrogen and oxygen atoms in total. The van der Waals surface area contributed by atoms with E-state index in [0.717, 1.165) is 12.5 Å². The highest BCUT2D eigenvalue weighted by Crippen LogP contribution is 2.22. The summed E-state index contributed by atoms with van der Waals surface area (Å²) in [6.07, 6.45) is 3.89. The molecule has 2 unspecified atom stereocenters. The van der Waals surface area contributed by atoms with Gasteiger partial charge in [0.25, 0.3) is 0 Å². The second kappa shape index (κ2) is 5.71. The number of hydrogen-bond donors (Lipinski definition) is 2. The molecule has 2 aliphatic rings. The summed E-state index contributed by atoms with van der Waals surface area (Å²) in [4.78, 5) is 4.57. The van der Waals surface area contributed by atoms with Crippen LogP contribution >= 0.6 is 24.0 Å². The topological polar surface area (TPSA) is 36.4 Å². The third-order valence-corrected chi connectivity index (χ3v) is 3.42. The molecule has 0 amide bonds. The lowest BCUT2D eigenvalue weighted by Gasteiger charge is -2.04. The Bertz CT molecular complexity index is 377. The summed E-state index contributed by atoms with van der Waals surface area (Å²) in [5, 5.41) is 6.92. The fourth-order valence-corrected chi connectivity index (χ4v) is 2.54. The van der Waals surface area contributed by atoms with E-state index in [9.17, 15) is 0 Å². The Balaban J connectivity index is 0.00000108. The van der Waals surface area contributed by atoms with Crippen molar-refractivity contribution in [3.63, 3.8) is 0 Å². The average molecular weight is 343 g/mol. The standard InChI is InChI=1S/C13H17N3.HI/c1-2-5-10(6-3-1)9-14-13-15-11-7-4-8-12(11)16-13;/h1-3,5-6,11-12H,4,7-9H2,(H2,14,15,16);1H. The summed E-state index contributed by atoms with van der Waals surface area (Å²) in [6.45, 7) is 0.760. The van der Waals surface area contributed by atoms with E-state index < -0.39 is 0 Å². The molecule has 1 saturated heterocycles. The van der Waals surface area contributed by atoms with Crippen molar-refractivity contribution in [1.82, 2.24) is 10.6 Å². The van der Waals surface area contributed by atoms with Gasteiger partial charge in [-0.25, -0.2) is 4.99 Å². The second-order valence-corrected chi connectivity index (χ2v) is 4.58. The summed E-state index contributed by atoms with van der Waals surface area (Å²) in [5.74, 6) is 0.985. The lowest BCUT2D eigenvalue weighted by Crippen LogP contribution is -2.27. The Morgan fingerprint density at radius 1 is 1.06 bits per heavy atom. The molecule has 0 aromatic heterocycles. The van der Waals surface area contributed by atoms with E-state index in [0.29, 0.717) is 12.1 Å². The van der Waals surface area contributed by atoms with E-state index in [-0.39, 0.29) is 24.0 Å². The van der Waals surface area contributed by atoms with Gasteiger partial charge in [-0.1, -0.05) is 30.3 Å². The summed E-state index contributed by atoms with van der Waals surface area (Å²) in [6, 6.07) is 11.6. The Labute approximate surface area is 119 Å². The van der Waals surface area contributed by atoms with Crippen LogP contribution in [0.25, 0.3) is 0 Å². The minimum atomic E-state index is 0. The van der Waals surface area contributed by atoms with Gasteiger partial charge in [0.1, 0.15) is 0 Å². The lowest BCUT2D eigenvalue weighted by molar-refractivity contribution is 0.583. The number of fused-ring (bicyclic) bond motifs is 1. The third kappa shape index (κ3) is 2.91. The van der Waals surface area contributed by atoms with Crippen molar-refractivity contribution < 1.29 is 0 Å². The lowest BCUT2D eigenvalue weighted by atomic mass is 10.2. The number of rotatable bonds is 2. The molecule has 92 valence electrons. The van der Waals surface area contributed by atoms with Gasteiger partial charge < -0.3 is 10.6 Å². The van der Waals surface area contributed by atoms with Gasteiger partial charge in [0.05, 0.1) is 6.54 Å². The molecule has 4 heteroatoms. The zero-order chi connectivity index (χ0) is 10.8. The number of hydrogen-bond acceptors (Lipinski definition) is 1. The smallest absolute Gasteiger partial charge is 0.192 e. The van der Waals surface area contributed by atoms with Crippen LogP contribution in [0.4, 0.5) is 0 Å². The minimum Gasteiger partial charge on any atom is -0.352 e. The first-order valence-electron chi connectivity index (χ1n) is 6.03. The van der Waals surface area contributed by atoms with E-state index in [2.05, 4.69) is 39.9 Å². The van der Waals surface area contributed by atoms with Crippen molar-refractivity contribution in [2.75, 3.05) is 0 Å². The number of nitrogens with one attached hydrogen (secondary N) is 2. The van der Waals surface area contributed by atoms with E-state index >= 15 is 0 Å². The maximum absolute atomic E-state index is 4.57. The Hall–Kier alpha value is -0.780. The first-order valence-corrected chi connectivity index (χ1v) is 6.03. The highest BCUT2D eigenvalue weighted by molar-refractivity contribution is 14.0. The molecule has 17 heavy (non-hydrogen) atoms. The van der Waals surface area contributed by atoms with Crippen LogP contribution in [0.2, 0.25) is 0 Å². The van der Waals surface area contributed by atoms with E-state index in [4.69, 9.17) is 0 Å². The van der Waals surface area contributed by atoms with Gasteiger partial charge in [-0.2, -0.15) is 0 Å². The number of halogens is 1. The zero-order valence-electron chi connectivity index (χ0n) is 9.73. The number of nitrogens with zero attached hydrogens (tertiary/aromatic N) is 1. The Morgan fingerprint density at radius 3 is 2.35 bits per heavy atom. The molecule has 2 atom stereocenters. The van der Waals surface area contributed by atoms with Gasteiger partial charge in [0, 0.05) is 12.1 Å². The Morgan fingerprint density at radius 2 is 1.71 bits per heavy atom. The van der Waals surface area contributed by atoms with Gasteiger partial charge in [0.2, 0.25) is 0 Å². The van der Waals surface area contributed by atoms with Crippen LogP contribution in [0, 0.1) is 0 Å². The van der Waals surface area contributed by atoms with Crippen LogP contribution in [0.5, 0.6) is 0 Å².